The third-order valence-corrected chi connectivity index (χ3v) is 11.2. The highest BCUT2D eigenvalue weighted by molar-refractivity contribution is 6.65. The number of halogens is 1. The second kappa shape index (κ2) is 12.0. The number of hydrogen-bond acceptors (Lipinski definition) is 8. The van der Waals surface area contributed by atoms with E-state index in [1.54, 1.807) is 19.1 Å². The Hall–Kier alpha value is -1.91. The third-order valence-electron chi connectivity index (χ3n) is 10.8. The molecule has 0 unspecified atom stereocenters. The van der Waals surface area contributed by atoms with E-state index in [2.05, 4.69) is 27.4 Å². The van der Waals surface area contributed by atoms with Gasteiger partial charge in [0.05, 0.1) is 17.7 Å². The van der Waals surface area contributed by atoms with Gasteiger partial charge in [-0.2, -0.15) is 0 Å². The lowest BCUT2D eigenvalue weighted by Gasteiger charge is -2.60. The Balaban J connectivity index is 1.61. The molecule has 2 saturated carbocycles. The van der Waals surface area contributed by atoms with Crippen molar-refractivity contribution in [3.8, 4) is 5.75 Å². The van der Waals surface area contributed by atoms with Crippen LogP contribution >= 0.6 is 11.6 Å². The predicted octanol–water partition coefficient (Wildman–Crippen LogP) is 4.08. The molecule has 10 heteroatoms. The number of carbonyl (C=O) groups is 2. The number of benzene rings is 1. The summed E-state index contributed by atoms with van der Waals surface area (Å²) in [6.45, 7) is 14.1. The molecule has 1 heterocycles. The summed E-state index contributed by atoms with van der Waals surface area (Å²) in [5.41, 5.74) is 6.41. The number of Topliss-reactive ketones (excluding diaryl/α,β-unsaturated/α-hetero) is 1. The number of ether oxygens (including phenoxy) is 2. The van der Waals surface area contributed by atoms with Crippen LogP contribution in [0.15, 0.2) is 18.7 Å². The maximum Gasteiger partial charge on any atom is 0.493 e. The number of ketones is 1. The first-order valence-corrected chi connectivity index (χ1v) is 15.1. The maximum absolute atomic E-state index is 13.4. The molecule has 0 spiro atoms. The maximum atomic E-state index is 13.4. The van der Waals surface area contributed by atoms with E-state index in [1.807, 2.05) is 6.92 Å². The molecule has 41 heavy (non-hydrogen) atoms. The van der Waals surface area contributed by atoms with Crippen molar-refractivity contribution in [1.82, 2.24) is 0 Å². The van der Waals surface area contributed by atoms with Gasteiger partial charge >= 0.3 is 13.1 Å². The van der Waals surface area contributed by atoms with Crippen LogP contribution in [-0.4, -0.2) is 47.8 Å². The summed E-state index contributed by atoms with van der Waals surface area (Å²) in [7, 11) is -1.19. The summed E-state index contributed by atoms with van der Waals surface area (Å²) >= 11 is 6.54. The molecule has 1 aromatic carbocycles. The standard InChI is InChI=1S/C31H45BClNO7/c1-7-29(5)13-24(30(6)17-31(10-8-18(30)2,11-9-19(3)35)20(4)28(29)37)41-25(36)16-39-23-12-21(14-34)22-15-40-32(38)26(22)27(23)33/h7,12,18,20,24,28,37-38H,1,8-11,13-17,34H2,2-6H3/t18-,20+,24-,28+,29-,30+,31-/m1/s1. The van der Waals surface area contributed by atoms with Crippen molar-refractivity contribution in [1.29, 1.82) is 0 Å². The zero-order valence-electron chi connectivity index (χ0n) is 25.0. The van der Waals surface area contributed by atoms with Gasteiger partial charge in [-0.1, -0.05) is 45.4 Å². The molecule has 2 bridgehead atoms. The molecule has 2 aliphatic carbocycles. The predicted molar refractivity (Wildman–Crippen MR) is 159 cm³/mol. The van der Waals surface area contributed by atoms with Crippen molar-refractivity contribution in [2.75, 3.05) is 6.61 Å². The first-order valence-electron chi connectivity index (χ1n) is 14.7. The van der Waals surface area contributed by atoms with Crippen LogP contribution in [0.4, 0.5) is 0 Å². The van der Waals surface area contributed by atoms with Gasteiger partial charge in [0.1, 0.15) is 17.6 Å². The van der Waals surface area contributed by atoms with Gasteiger partial charge < -0.3 is 34.8 Å². The highest BCUT2D eigenvalue weighted by Gasteiger charge is 2.58. The van der Waals surface area contributed by atoms with Crippen LogP contribution in [0.1, 0.15) is 84.3 Å². The molecule has 4 N–H and O–H groups in total. The van der Waals surface area contributed by atoms with Gasteiger partial charge in [0.15, 0.2) is 6.61 Å². The first-order chi connectivity index (χ1) is 19.2. The topological polar surface area (TPSA) is 128 Å². The van der Waals surface area contributed by atoms with Gasteiger partial charge in [-0.25, -0.2) is 4.79 Å². The van der Waals surface area contributed by atoms with E-state index in [4.69, 9.17) is 31.5 Å². The van der Waals surface area contributed by atoms with Crippen LogP contribution in [0.5, 0.6) is 5.75 Å². The summed E-state index contributed by atoms with van der Waals surface area (Å²) in [4.78, 5) is 25.4. The molecule has 0 radical (unpaired) electrons. The van der Waals surface area contributed by atoms with Crippen LogP contribution in [0.3, 0.4) is 0 Å². The van der Waals surface area contributed by atoms with Crippen LogP contribution in [0.2, 0.25) is 5.02 Å². The largest absolute Gasteiger partial charge is 0.493 e. The summed E-state index contributed by atoms with van der Waals surface area (Å²) < 4.78 is 17.4. The third kappa shape index (κ3) is 5.85. The minimum atomic E-state index is -1.19. The molecule has 8 nitrogen and oxygen atoms in total. The average Bonchev–Trinajstić information content (AvgIpc) is 3.33. The van der Waals surface area contributed by atoms with E-state index in [-0.39, 0.29) is 59.0 Å². The van der Waals surface area contributed by atoms with Crippen LogP contribution in [-0.2, 0) is 32.1 Å². The van der Waals surface area contributed by atoms with Gasteiger partial charge in [-0.05, 0) is 73.5 Å². The lowest BCUT2D eigenvalue weighted by atomic mass is 9.47. The number of fused-ring (bicyclic) bond motifs is 3. The van der Waals surface area contributed by atoms with Gasteiger partial charge in [0, 0.05) is 29.3 Å². The Morgan fingerprint density at radius 2 is 2.05 bits per heavy atom. The molecule has 0 saturated heterocycles. The van der Waals surface area contributed by atoms with Crippen LogP contribution < -0.4 is 15.9 Å². The summed E-state index contributed by atoms with van der Waals surface area (Å²) in [5.74, 6) is 0.000918. The molecular formula is C31H45BClNO7. The number of aliphatic hydroxyl groups excluding tert-OH is 1. The normalized spacial score (nSPS) is 34.8. The average molecular weight is 590 g/mol. The minimum absolute atomic E-state index is 0.0605. The summed E-state index contributed by atoms with van der Waals surface area (Å²) in [5, 5.41) is 22.1. The Morgan fingerprint density at radius 3 is 2.68 bits per heavy atom. The van der Waals surface area contributed by atoms with Gasteiger partial charge in [0.2, 0.25) is 0 Å². The van der Waals surface area contributed by atoms with Crippen molar-refractivity contribution in [2.24, 2.45) is 33.8 Å². The molecule has 3 aliphatic rings. The summed E-state index contributed by atoms with van der Waals surface area (Å²) in [6.07, 6.45) is 4.68. The second-order valence-electron chi connectivity index (χ2n) is 13.2. The number of rotatable bonds is 9. The Kier molecular flexibility index (Phi) is 9.37. The zero-order valence-corrected chi connectivity index (χ0v) is 25.8. The first kappa shape index (κ1) is 32.0. The highest BCUT2D eigenvalue weighted by Crippen LogP contribution is 2.62. The van der Waals surface area contributed by atoms with Crippen LogP contribution in [0, 0.1) is 28.1 Å². The van der Waals surface area contributed by atoms with E-state index >= 15 is 0 Å². The van der Waals surface area contributed by atoms with Crippen LogP contribution in [0.25, 0.3) is 0 Å². The molecular weight excluding hydrogens is 545 g/mol. The Morgan fingerprint density at radius 1 is 1.34 bits per heavy atom. The van der Waals surface area contributed by atoms with E-state index < -0.39 is 30.7 Å². The quantitative estimate of drug-likeness (QED) is 0.223. The number of esters is 1. The monoisotopic (exact) mass is 589 g/mol. The lowest BCUT2D eigenvalue weighted by molar-refractivity contribution is -0.190. The fourth-order valence-electron chi connectivity index (χ4n) is 7.62. The number of aliphatic hydroxyl groups is 1. The van der Waals surface area contributed by atoms with Gasteiger partial charge in [-0.3, -0.25) is 0 Å². The van der Waals surface area contributed by atoms with Crippen molar-refractivity contribution in [2.45, 2.75) is 98.5 Å². The minimum Gasteiger partial charge on any atom is -0.480 e. The molecule has 7 atom stereocenters. The zero-order chi connectivity index (χ0) is 30.3. The molecule has 2 fully saturated rings. The fraction of sp³-hybridized carbons (Fsp3) is 0.677. The lowest BCUT2D eigenvalue weighted by Crippen LogP contribution is -2.58. The second-order valence-corrected chi connectivity index (χ2v) is 13.6. The van der Waals surface area contributed by atoms with Crippen molar-refractivity contribution in [3.63, 3.8) is 0 Å². The van der Waals surface area contributed by atoms with Crippen molar-refractivity contribution >= 4 is 35.9 Å². The fourth-order valence-corrected chi connectivity index (χ4v) is 7.93. The Bertz CT molecular complexity index is 1200. The number of carbonyl (C=O) groups excluding carboxylic acids is 2. The number of hydrogen-bond donors (Lipinski definition) is 3. The molecule has 4 rings (SSSR count). The van der Waals surface area contributed by atoms with E-state index in [0.717, 1.165) is 30.4 Å². The number of nitrogens with two attached hydrogens (primary N) is 1. The molecule has 1 aromatic rings. The summed E-state index contributed by atoms with van der Waals surface area (Å²) in [6, 6.07) is 1.67. The molecule has 0 aromatic heterocycles. The van der Waals surface area contributed by atoms with Crippen molar-refractivity contribution in [3.05, 3.63) is 34.9 Å². The SMILES string of the molecule is C=C[C@]1(C)C[C@@H](OC(=O)COc2cc(CN)c3c(c2Cl)B(O)OC3)[C@@]2(C)C[C@](CCC(C)=O)(CC[C@H]2C)[C@@H](C)[C@@H]1O. The van der Waals surface area contributed by atoms with E-state index in [0.29, 0.717) is 24.7 Å². The Labute approximate surface area is 249 Å². The van der Waals surface area contributed by atoms with E-state index in [9.17, 15) is 19.7 Å². The van der Waals surface area contributed by atoms with Gasteiger partial charge in [0.25, 0.3) is 0 Å². The highest BCUT2D eigenvalue weighted by atomic mass is 35.5. The molecule has 0 amide bonds. The smallest absolute Gasteiger partial charge is 0.480 e. The van der Waals surface area contributed by atoms with E-state index in [1.165, 1.54) is 0 Å². The molecule has 226 valence electrons. The van der Waals surface area contributed by atoms with Gasteiger partial charge in [-0.15, -0.1) is 6.58 Å². The molecule has 1 aliphatic heterocycles. The van der Waals surface area contributed by atoms with Crippen molar-refractivity contribution < 1.29 is 33.8 Å².